The summed E-state index contributed by atoms with van der Waals surface area (Å²) in [5.74, 6) is 0.283. The molecule has 2 nitrogen and oxygen atoms in total. The topological polar surface area (TPSA) is 40.1 Å². The fourth-order valence-electron chi connectivity index (χ4n) is 2.02. The Labute approximate surface area is 101 Å². The van der Waals surface area contributed by atoms with Crippen LogP contribution < -0.4 is 0 Å². The highest BCUT2D eigenvalue weighted by atomic mass is 16.3. The predicted molar refractivity (Wildman–Crippen MR) is 66.8 cm³/mol. The summed E-state index contributed by atoms with van der Waals surface area (Å²) >= 11 is 0. The van der Waals surface area contributed by atoms with Gasteiger partial charge in [-0.3, -0.25) is 5.11 Å². The van der Waals surface area contributed by atoms with Gasteiger partial charge in [0.05, 0.1) is 0 Å². The Morgan fingerprint density at radius 1 is 0.941 bits per heavy atom. The minimum atomic E-state index is -0.355. The maximum Gasteiger partial charge on any atom is 0.182 e. The largest absolute Gasteiger partial charge is 0.508 e. The summed E-state index contributed by atoms with van der Waals surface area (Å²) in [4.78, 5) is 0. The van der Waals surface area contributed by atoms with E-state index in [-0.39, 0.29) is 16.9 Å². The third-order valence-electron chi connectivity index (χ3n) is 3.15. The van der Waals surface area contributed by atoms with Crippen molar-refractivity contribution in [3.05, 3.63) is 59.7 Å². The third kappa shape index (κ3) is 2.11. The molecular formula is C15H15O2. The number of hydrogen-bond donors (Lipinski definition) is 1. The normalized spacial score (nSPS) is 11.4. The van der Waals surface area contributed by atoms with E-state index < -0.39 is 0 Å². The zero-order chi connectivity index (χ0) is 12.5. The van der Waals surface area contributed by atoms with Crippen molar-refractivity contribution in [2.45, 2.75) is 19.3 Å². The molecule has 0 heterocycles. The van der Waals surface area contributed by atoms with Gasteiger partial charge in [-0.05, 0) is 23.8 Å². The van der Waals surface area contributed by atoms with Gasteiger partial charge in [0.2, 0.25) is 0 Å². The average Bonchev–Trinajstić information content (AvgIpc) is 2.30. The van der Waals surface area contributed by atoms with E-state index in [2.05, 4.69) is 0 Å². The number of para-hydroxylation sites is 1. The molecule has 0 aliphatic carbocycles. The van der Waals surface area contributed by atoms with Crippen LogP contribution in [0.5, 0.6) is 11.5 Å². The molecule has 0 amide bonds. The van der Waals surface area contributed by atoms with Gasteiger partial charge in [0.1, 0.15) is 5.75 Å². The Kier molecular flexibility index (Phi) is 2.80. The first kappa shape index (κ1) is 11.5. The molecule has 2 rings (SSSR count). The maximum atomic E-state index is 11.9. The first-order valence-electron chi connectivity index (χ1n) is 5.58. The molecule has 17 heavy (non-hydrogen) atoms. The molecule has 0 aromatic heterocycles. The van der Waals surface area contributed by atoms with Crippen molar-refractivity contribution >= 4 is 0 Å². The monoisotopic (exact) mass is 227 g/mol. The summed E-state index contributed by atoms with van der Waals surface area (Å²) in [6, 6.07) is 14.0. The minimum Gasteiger partial charge on any atom is -0.508 e. The Morgan fingerprint density at radius 3 is 2.12 bits per heavy atom. The van der Waals surface area contributed by atoms with E-state index in [4.69, 9.17) is 0 Å². The van der Waals surface area contributed by atoms with Crippen LogP contribution in [0.3, 0.4) is 0 Å². The van der Waals surface area contributed by atoms with Crippen molar-refractivity contribution in [1.82, 2.24) is 0 Å². The SMILES string of the molecule is CC(C)(c1ccc(O)cc1)c1ccccc1[O]. The molecule has 0 aliphatic rings. The van der Waals surface area contributed by atoms with Crippen LogP contribution in [0.25, 0.3) is 0 Å². The fraction of sp³-hybridized carbons (Fsp3) is 0.200. The average molecular weight is 227 g/mol. The van der Waals surface area contributed by atoms with Crippen LogP contribution in [0.2, 0.25) is 0 Å². The Hall–Kier alpha value is -1.96. The zero-order valence-corrected chi connectivity index (χ0v) is 9.97. The Morgan fingerprint density at radius 2 is 1.53 bits per heavy atom. The van der Waals surface area contributed by atoms with Crippen LogP contribution in [0.4, 0.5) is 0 Å². The second-order valence-corrected chi connectivity index (χ2v) is 4.67. The number of aromatic hydroxyl groups is 1. The lowest BCUT2D eigenvalue weighted by Crippen LogP contribution is -2.18. The molecule has 0 unspecified atom stereocenters. The first-order valence-corrected chi connectivity index (χ1v) is 5.58. The van der Waals surface area contributed by atoms with Gasteiger partial charge < -0.3 is 5.11 Å². The molecule has 2 heteroatoms. The number of hydrogen-bond acceptors (Lipinski definition) is 1. The Bertz CT molecular complexity index is 513. The van der Waals surface area contributed by atoms with Crippen molar-refractivity contribution in [2.75, 3.05) is 0 Å². The molecule has 2 aromatic carbocycles. The van der Waals surface area contributed by atoms with Crippen molar-refractivity contribution in [1.29, 1.82) is 0 Å². The Balaban J connectivity index is 2.49. The van der Waals surface area contributed by atoms with Crippen molar-refractivity contribution in [3.63, 3.8) is 0 Å². The minimum absolute atomic E-state index is 0.0468. The van der Waals surface area contributed by atoms with E-state index in [1.165, 1.54) is 0 Å². The molecule has 0 atom stereocenters. The lowest BCUT2D eigenvalue weighted by molar-refractivity contribution is 0.343. The van der Waals surface area contributed by atoms with Crippen LogP contribution in [0.15, 0.2) is 48.5 Å². The molecule has 87 valence electrons. The van der Waals surface area contributed by atoms with E-state index in [0.29, 0.717) is 0 Å². The van der Waals surface area contributed by atoms with Gasteiger partial charge in [-0.15, -0.1) is 0 Å². The molecule has 0 spiro atoms. The smallest absolute Gasteiger partial charge is 0.182 e. The molecule has 0 aliphatic heterocycles. The molecule has 1 radical (unpaired) electrons. The predicted octanol–water partition coefficient (Wildman–Crippen LogP) is 3.86. The quantitative estimate of drug-likeness (QED) is 0.831. The number of phenolic OH excluding ortho intramolecular Hbond substituents is 1. The molecule has 0 saturated heterocycles. The number of rotatable bonds is 2. The standard InChI is InChI=1S/C15H15O2/c1-15(2,11-7-9-12(16)10-8-11)13-5-3-4-6-14(13)17/h3-10,16H,1-2H3. The van der Waals surface area contributed by atoms with Gasteiger partial charge in [0.25, 0.3) is 0 Å². The van der Waals surface area contributed by atoms with Crippen LogP contribution in [-0.2, 0) is 10.5 Å². The second kappa shape index (κ2) is 4.13. The van der Waals surface area contributed by atoms with Gasteiger partial charge >= 0.3 is 0 Å². The zero-order valence-electron chi connectivity index (χ0n) is 9.97. The van der Waals surface area contributed by atoms with Crippen LogP contribution in [0.1, 0.15) is 25.0 Å². The highest BCUT2D eigenvalue weighted by molar-refractivity contribution is 5.45. The van der Waals surface area contributed by atoms with Gasteiger partial charge in [0.15, 0.2) is 5.75 Å². The van der Waals surface area contributed by atoms with Crippen molar-refractivity contribution in [3.8, 4) is 11.5 Å². The lowest BCUT2D eigenvalue weighted by atomic mass is 9.78. The molecule has 0 fully saturated rings. The maximum absolute atomic E-state index is 11.9. The van der Waals surface area contributed by atoms with Crippen molar-refractivity contribution in [2.24, 2.45) is 0 Å². The number of benzene rings is 2. The summed E-state index contributed by atoms with van der Waals surface area (Å²) in [7, 11) is 0. The van der Waals surface area contributed by atoms with Crippen LogP contribution in [-0.4, -0.2) is 5.11 Å². The molecule has 1 N–H and O–H groups in total. The van der Waals surface area contributed by atoms with Crippen LogP contribution in [0, 0.1) is 0 Å². The van der Waals surface area contributed by atoms with E-state index in [0.717, 1.165) is 11.1 Å². The van der Waals surface area contributed by atoms with E-state index in [1.807, 2.05) is 38.1 Å². The second-order valence-electron chi connectivity index (χ2n) is 4.67. The summed E-state index contributed by atoms with van der Waals surface area (Å²) in [5.41, 5.74) is 1.43. The summed E-state index contributed by atoms with van der Waals surface area (Å²) in [5, 5.41) is 21.1. The molecular weight excluding hydrogens is 212 g/mol. The summed E-state index contributed by atoms with van der Waals surface area (Å²) in [6.45, 7) is 4.02. The highest BCUT2D eigenvalue weighted by Gasteiger charge is 2.26. The van der Waals surface area contributed by atoms with Gasteiger partial charge in [0, 0.05) is 11.0 Å². The van der Waals surface area contributed by atoms with Gasteiger partial charge in [-0.2, -0.15) is 0 Å². The first-order chi connectivity index (χ1) is 8.01. The van der Waals surface area contributed by atoms with Gasteiger partial charge in [-0.1, -0.05) is 44.2 Å². The number of phenols is 1. The summed E-state index contributed by atoms with van der Waals surface area (Å²) in [6.07, 6.45) is 0. The van der Waals surface area contributed by atoms with Crippen molar-refractivity contribution < 1.29 is 10.2 Å². The molecule has 0 saturated carbocycles. The highest BCUT2D eigenvalue weighted by Crippen LogP contribution is 2.37. The molecule has 2 aromatic rings. The van der Waals surface area contributed by atoms with E-state index in [1.54, 1.807) is 24.3 Å². The third-order valence-corrected chi connectivity index (χ3v) is 3.15. The van der Waals surface area contributed by atoms with Gasteiger partial charge in [-0.25, -0.2) is 0 Å². The van der Waals surface area contributed by atoms with Crippen LogP contribution >= 0.6 is 0 Å². The lowest BCUT2D eigenvalue weighted by Gasteiger charge is -2.26. The summed E-state index contributed by atoms with van der Waals surface area (Å²) < 4.78 is 0. The van der Waals surface area contributed by atoms with E-state index in [9.17, 15) is 10.2 Å². The van der Waals surface area contributed by atoms with E-state index >= 15 is 0 Å². The fourth-order valence-corrected chi connectivity index (χ4v) is 2.02. The molecule has 0 bridgehead atoms.